The Bertz CT molecular complexity index is 458. The molecule has 3 nitrogen and oxygen atoms in total. The minimum absolute atomic E-state index is 0.147. The highest BCUT2D eigenvalue weighted by molar-refractivity contribution is 5.49. The number of aryl methyl sites for hydroxylation is 1. The van der Waals surface area contributed by atoms with Crippen LogP contribution in [0.15, 0.2) is 12.3 Å². The number of nitrogens with one attached hydrogen (secondary N) is 1. The topological polar surface area (TPSA) is 28.2 Å². The maximum Gasteiger partial charge on any atom is 0.131 e. The summed E-state index contributed by atoms with van der Waals surface area (Å²) in [5.74, 6) is 1.20. The standard InChI is InChI=1S/C18H31N3/c1-6-7-10-21(16-8-9-16)17-14(2)11-15(12-19-17)13-20-18(3,4)5/h11-12,16,20H,6-10,13H2,1-5H3. The summed E-state index contributed by atoms with van der Waals surface area (Å²) < 4.78 is 0. The zero-order valence-corrected chi connectivity index (χ0v) is 14.4. The zero-order chi connectivity index (χ0) is 15.5. The third kappa shape index (κ3) is 4.99. The van der Waals surface area contributed by atoms with Gasteiger partial charge in [-0.2, -0.15) is 0 Å². The second kappa shape index (κ2) is 6.78. The Balaban J connectivity index is 2.06. The van der Waals surface area contributed by atoms with Crippen molar-refractivity contribution in [3.05, 3.63) is 23.4 Å². The average molecular weight is 289 g/mol. The minimum Gasteiger partial charge on any atom is -0.353 e. The maximum absolute atomic E-state index is 4.78. The Hall–Kier alpha value is -1.09. The van der Waals surface area contributed by atoms with E-state index in [1.165, 1.54) is 42.6 Å². The van der Waals surface area contributed by atoms with Gasteiger partial charge in [0.25, 0.3) is 0 Å². The monoisotopic (exact) mass is 289 g/mol. The van der Waals surface area contributed by atoms with Gasteiger partial charge in [-0.1, -0.05) is 13.3 Å². The summed E-state index contributed by atoms with van der Waals surface area (Å²) in [5.41, 5.74) is 2.73. The second-order valence-electron chi connectivity index (χ2n) is 7.37. The summed E-state index contributed by atoms with van der Waals surface area (Å²) in [7, 11) is 0. The normalized spacial score (nSPS) is 15.3. The number of pyridine rings is 1. The van der Waals surface area contributed by atoms with Crippen molar-refractivity contribution in [2.75, 3.05) is 11.4 Å². The van der Waals surface area contributed by atoms with Crippen LogP contribution in [0.4, 0.5) is 5.82 Å². The molecule has 0 aliphatic heterocycles. The van der Waals surface area contributed by atoms with Crippen LogP contribution >= 0.6 is 0 Å². The van der Waals surface area contributed by atoms with Gasteiger partial charge in [-0.25, -0.2) is 4.98 Å². The van der Waals surface area contributed by atoms with Crippen molar-refractivity contribution in [3.8, 4) is 0 Å². The average Bonchev–Trinajstić information content (AvgIpc) is 3.22. The van der Waals surface area contributed by atoms with E-state index in [4.69, 9.17) is 4.98 Å². The molecule has 0 atom stereocenters. The molecule has 1 aliphatic carbocycles. The Morgan fingerprint density at radius 2 is 2.05 bits per heavy atom. The van der Waals surface area contributed by atoms with Crippen LogP contribution < -0.4 is 10.2 Å². The van der Waals surface area contributed by atoms with Gasteiger partial charge in [0.2, 0.25) is 0 Å². The molecular weight excluding hydrogens is 258 g/mol. The number of aromatic nitrogens is 1. The lowest BCUT2D eigenvalue weighted by Crippen LogP contribution is -2.35. The first-order valence-electron chi connectivity index (χ1n) is 8.38. The van der Waals surface area contributed by atoms with Crippen molar-refractivity contribution in [1.82, 2.24) is 10.3 Å². The molecule has 1 fully saturated rings. The molecule has 1 heterocycles. The number of unbranched alkanes of at least 4 members (excludes halogenated alkanes) is 1. The van der Waals surface area contributed by atoms with Crippen LogP contribution in [-0.2, 0) is 6.54 Å². The molecule has 0 radical (unpaired) electrons. The molecule has 118 valence electrons. The van der Waals surface area contributed by atoms with E-state index in [1.54, 1.807) is 0 Å². The van der Waals surface area contributed by atoms with Crippen LogP contribution in [0.25, 0.3) is 0 Å². The second-order valence-corrected chi connectivity index (χ2v) is 7.37. The first-order valence-corrected chi connectivity index (χ1v) is 8.38. The summed E-state index contributed by atoms with van der Waals surface area (Å²) in [6.07, 6.45) is 7.21. The lowest BCUT2D eigenvalue weighted by molar-refractivity contribution is 0.424. The van der Waals surface area contributed by atoms with E-state index >= 15 is 0 Å². The summed E-state index contributed by atoms with van der Waals surface area (Å²) in [4.78, 5) is 7.31. The van der Waals surface area contributed by atoms with Crippen LogP contribution in [0.5, 0.6) is 0 Å². The minimum atomic E-state index is 0.147. The summed E-state index contributed by atoms with van der Waals surface area (Å²) in [6.45, 7) is 13.1. The first-order chi connectivity index (χ1) is 9.90. The molecule has 1 aliphatic rings. The molecule has 0 bridgehead atoms. The lowest BCUT2D eigenvalue weighted by Gasteiger charge is -2.26. The highest BCUT2D eigenvalue weighted by Crippen LogP contribution is 2.32. The first kappa shape index (κ1) is 16.3. The van der Waals surface area contributed by atoms with Gasteiger partial charge in [0.1, 0.15) is 5.82 Å². The van der Waals surface area contributed by atoms with E-state index < -0.39 is 0 Å². The van der Waals surface area contributed by atoms with Crippen molar-refractivity contribution >= 4 is 5.82 Å². The third-order valence-electron chi connectivity index (χ3n) is 3.94. The molecule has 0 saturated heterocycles. The number of hydrogen-bond acceptors (Lipinski definition) is 3. The molecule has 1 aromatic heterocycles. The number of hydrogen-bond donors (Lipinski definition) is 1. The fourth-order valence-electron chi connectivity index (χ4n) is 2.57. The Morgan fingerprint density at radius 3 is 2.57 bits per heavy atom. The summed E-state index contributed by atoms with van der Waals surface area (Å²) >= 11 is 0. The van der Waals surface area contributed by atoms with Gasteiger partial charge in [-0.15, -0.1) is 0 Å². The quantitative estimate of drug-likeness (QED) is 0.821. The maximum atomic E-state index is 4.78. The van der Waals surface area contributed by atoms with Crippen LogP contribution in [0.3, 0.4) is 0 Å². The fourth-order valence-corrected chi connectivity index (χ4v) is 2.57. The molecule has 0 aromatic carbocycles. The van der Waals surface area contributed by atoms with E-state index in [0.29, 0.717) is 0 Å². The van der Waals surface area contributed by atoms with Gasteiger partial charge in [0.05, 0.1) is 0 Å². The van der Waals surface area contributed by atoms with Crippen molar-refractivity contribution in [3.63, 3.8) is 0 Å². The molecule has 0 spiro atoms. The molecule has 1 N–H and O–H groups in total. The molecule has 0 unspecified atom stereocenters. The van der Waals surface area contributed by atoms with Crippen molar-refractivity contribution < 1.29 is 0 Å². The highest BCUT2D eigenvalue weighted by Gasteiger charge is 2.30. The van der Waals surface area contributed by atoms with Gasteiger partial charge in [0, 0.05) is 30.9 Å². The molecule has 21 heavy (non-hydrogen) atoms. The van der Waals surface area contributed by atoms with Crippen molar-refractivity contribution in [2.45, 2.75) is 78.4 Å². The van der Waals surface area contributed by atoms with Crippen LogP contribution in [-0.4, -0.2) is 23.1 Å². The number of anilines is 1. The largest absolute Gasteiger partial charge is 0.353 e. The van der Waals surface area contributed by atoms with E-state index in [-0.39, 0.29) is 5.54 Å². The Labute approximate surface area is 130 Å². The van der Waals surface area contributed by atoms with Crippen molar-refractivity contribution in [2.24, 2.45) is 0 Å². The van der Waals surface area contributed by atoms with Gasteiger partial charge in [-0.3, -0.25) is 0 Å². The highest BCUT2D eigenvalue weighted by atomic mass is 15.2. The van der Waals surface area contributed by atoms with Gasteiger partial charge in [0.15, 0.2) is 0 Å². The van der Waals surface area contributed by atoms with Crippen molar-refractivity contribution in [1.29, 1.82) is 0 Å². The fraction of sp³-hybridized carbons (Fsp3) is 0.722. The van der Waals surface area contributed by atoms with E-state index in [2.05, 4.69) is 50.9 Å². The van der Waals surface area contributed by atoms with E-state index in [0.717, 1.165) is 19.1 Å². The zero-order valence-electron chi connectivity index (χ0n) is 14.4. The Kier molecular flexibility index (Phi) is 5.26. The lowest BCUT2D eigenvalue weighted by atomic mass is 10.1. The number of nitrogens with zero attached hydrogens (tertiary/aromatic N) is 2. The predicted molar refractivity (Wildman–Crippen MR) is 90.8 cm³/mol. The van der Waals surface area contributed by atoms with Crippen LogP contribution in [0.2, 0.25) is 0 Å². The third-order valence-corrected chi connectivity index (χ3v) is 3.94. The van der Waals surface area contributed by atoms with Gasteiger partial charge in [-0.05, 0) is 64.2 Å². The molecule has 1 aromatic rings. The molecule has 0 amide bonds. The molecule has 2 rings (SSSR count). The van der Waals surface area contributed by atoms with Crippen LogP contribution in [0.1, 0.15) is 64.5 Å². The molecule has 1 saturated carbocycles. The van der Waals surface area contributed by atoms with E-state index in [9.17, 15) is 0 Å². The molecular formula is C18H31N3. The Morgan fingerprint density at radius 1 is 1.33 bits per heavy atom. The predicted octanol–water partition coefficient (Wildman–Crippen LogP) is 4.05. The van der Waals surface area contributed by atoms with Gasteiger partial charge < -0.3 is 10.2 Å². The van der Waals surface area contributed by atoms with Gasteiger partial charge >= 0.3 is 0 Å². The van der Waals surface area contributed by atoms with E-state index in [1.807, 2.05) is 6.20 Å². The van der Waals surface area contributed by atoms with Crippen LogP contribution in [0, 0.1) is 6.92 Å². The summed E-state index contributed by atoms with van der Waals surface area (Å²) in [5, 5.41) is 3.53. The number of rotatable bonds is 7. The summed E-state index contributed by atoms with van der Waals surface area (Å²) in [6, 6.07) is 3.03. The SMILES string of the molecule is CCCCN(c1ncc(CNC(C)(C)C)cc1C)C1CC1. The molecule has 3 heteroatoms. The smallest absolute Gasteiger partial charge is 0.131 e.